The van der Waals surface area contributed by atoms with Gasteiger partial charge in [-0.15, -0.1) is 11.3 Å². The van der Waals surface area contributed by atoms with E-state index in [1.165, 1.54) is 11.3 Å². The van der Waals surface area contributed by atoms with Gasteiger partial charge in [0, 0.05) is 16.9 Å². The maximum Gasteiger partial charge on any atom is 0.416 e. The van der Waals surface area contributed by atoms with Crippen LogP contribution in [0.25, 0.3) is 10.6 Å². The van der Waals surface area contributed by atoms with E-state index >= 15 is 0 Å². The zero-order valence-corrected chi connectivity index (χ0v) is 12.9. The molecule has 0 spiro atoms. The Hall–Kier alpha value is -1.96. The Labute approximate surface area is 128 Å². The number of hydrogen-bond acceptors (Lipinski definition) is 4. The summed E-state index contributed by atoms with van der Waals surface area (Å²) in [7, 11) is 0. The summed E-state index contributed by atoms with van der Waals surface area (Å²) in [6.45, 7) is 5.81. The lowest BCUT2D eigenvalue weighted by molar-refractivity contribution is -0.384. The van der Waals surface area contributed by atoms with E-state index in [4.69, 9.17) is 0 Å². The van der Waals surface area contributed by atoms with Crippen molar-refractivity contribution >= 4 is 17.0 Å². The Bertz CT molecular complexity index is 718. The van der Waals surface area contributed by atoms with Gasteiger partial charge in [0.25, 0.3) is 5.69 Å². The third-order valence-corrected chi connectivity index (χ3v) is 3.90. The standard InChI is InChI=1S/C14H13F3N2O2S/c1-13(2,3)11-7-22-12(18-11)9-5-4-8(14(15,16)17)6-10(9)19(20)21/h4-7H,1-3H3. The molecule has 0 aliphatic heterocycles. The van der Waals surface area contributed by atoms with E-state index in [0.29, 0.717) is 11.1 Å². The van der Waals surface area contributed by atoms with Gasteiger partial charge in [0.15, 0.2) is 0 Å². The first-order chi connectivity index (χ1) is 10.00. The average Bonchev–Trinajstić information content (AvgIpc) is 2.86. The summed E-state index contributed by atoms with van der Waals surface area (Å²) < 4.78 is 38.1. The number of nitrogens with zero attached hydrogens (tertiary/aromatic N) is 2. The van der Waals surface area contributed by atoms with Gasteiger partial charge < -0.3 is 0 Å². The summed E-state index contributed by atoms with van der Waals surface area (Å²) in [5.74, 6) is 0. The molecule has 1 aromatic heterocycles. The second-order valence-corrected chi connectivity index (χ2v) is 6.63. The number of hydrogen-bond donors (Lipinski definition) is 0. The molecule has 118 valence electrons. The van der Waals surface area contributed by atoms with Gasteiger partial charge in [0.2, 0.25) is 0 Å². The Morgan fingerprint density at radius 1 is 1.23 bits per heavy atom. The minimum absolute atomic E-state index is 0.0958. The second kappa shape index (κ2) is 5.35. The number of rotatable bonds is 2. The molecule has 0 aliphatic carbocycles. The number of nitro groups is 1. The third kappa shape index (κ3) is 3.27. The summed E-state index contributed by atoms with van der Waals surface area (Å²) in [5.41, 5.74) is -1.05. The van der Waals surface area contributed by atoms with E-state index < -0.39 is 22.4 Å². The van der Waals surface area contributed by atoms with Crippen LogP contribution in [0.5, 0.6) is 0 Å². The summed E-state index contributed by atoms with van der Waals surface area (Å²) in [6, 6.07) is 2.49. The number of alkyl halides is 3. The Kier molecular flexibility index (Phi) is 3.99. The monoisotopic (exact) mass is 330 g/mol. The van der Waals surface area contributed by atoms with Crippen LogP contribution in [0, 0.1) is 10.1 Å². The molecule has 2 rings (SSSR count). The molecule has 0 saturated carbocycles. The van der Waals surface area contributed by atoms with Gasteiger partial charge in [0.05, 0.1) is 21.7 Å². The first kappa shape index (κ1) is 16.4. The summed E-state index contributed by atoms with van der Waals surface area (Å²) in [6.07, 6.45) is -4.62. The van der Waals surface area contributed by atoms with Crippen LogP contribution in [0.2, 0.25) is 0 Å². The molecule has 0 amide bonds. The van der Waals surface area contributed by atoms with Crippen molar-refractivity contribution in [2.45, 2.75) is 32.4 Å². The van der Waals surface area contributed by atoms with Gasteiger partial charge in [-0.05, 0) is 12.1 Å². The van der Waals surface area contributed by atoms with E-state index in [-0.39, 0.29) is 11.0 Å². The first-order valence-electron chi connectivity index (χ1n) is 6.32. The molecule has 4 nitrogen and oxygen atoms in total. The lowest BCUT2D eigenvalue weighted by Crippen LogP contribution is -2.11. The van der Waals surface area contributed by atoms with Crippen molar-refractivity contribution < 1.29 is 18.1 Å². The van der Waals surface area contributed by atoms with Crippen LogP contribution in [-0.2, 0) is 11.6 Å². The van der Waals surface area contributed by atoms with Crippen molar-refractivity contribution in [3.8, 4) is 10.6 Å². The van der Waals surface area contributed by atoms with E-state index in [1.807, 2.05) is 20.8 Å². The number of thiazole rings is 1. The molecule has 0 saturated heterocycles. The largest absolute Gasteiger partial charge is 0.416 e. The summed E-state index contributed by atoms with van der Waals surface area (Å²) in [4.78, 5) is 14.6. The van der Waals surface area contributed by atoms with Crippen LogP contribution in [0.4, 0.5) is 18.9 Å². The van der Waals surface area contributed by atoms with Crippen LogP contribution in [-0.4, -0.2) is 9.91 Å². The van der Waals surface area contributed by atoms with Gasteiger partial charge in [-0.1, -0.05) is 20.8 Å². The molecule has 0 fully saturated rings. The molecule has 0 aliphatic rings. The second-order valence-electron chi connectivity index (χ2n) is 5.77. The van der Waals surface area contributed by atoms with Gasteiger partial charge >= 0.3 is 6.18 Å². The normalized spacial score (nSPS) is 12.5. The number of benzene rings is 1. The van der Waals surface area contributed by atoms with Gasteiger partial charge in [-0.2, -0.15) is 13.2 Å². The van der Waals surface area contributed by atoms with Crippen molar-refractivity contribution in [2.24, 2.45) is 0 Å². The van der Waals surface area contributed by atoms with Gasteiger partial charge in [-0.3, -0.25) is 10.1 Å². The zero-order valence-electron chi connectivity index (χ0n) is 12.1. The fourth-order valence-corrected chi connectivity index (χ4v) is 2.86. The molecular weight excluding hydrogens is 317 g/mol. The maximum atomic E-state index is 12.7. The van der Waals surface area contributed by atoms with Crippen molar-refractivity contribution in [1.82, 2.24) is 4.98 Å². The van der Waals surface area contributed by atoms with Crippen molar-refractivity contribution in [2.75, 3.05) is 0 Å². The molecule has 0 radical (unpaired) electrons. The molecule has 0 bridgehead atoms. The fraction of sp³-hybridized carbons (Fsp3) is 0.357. The molecule has 0 atom stereocenters. The van der Waals surface area contributed by atoms with Crippen LogP contribution in [0.3, 0.4) is 0 Å². The molecule has 2 aromatic rings. The van der Waals surface area contributed by atoms with E-state index in [9.17, 15) is 23.3 Å². The van der Waals surface area contributed by atoms with Gasteiger partial charge in [0.1, 0.15) is 5.01 Å². The van der Waals surface area contributed by atoms with E-state index in [2.05, 4.69) is 4.98 Å². The minimum Gasteiger partial charge on any atom is -0.258 e. The topological polar surface area (TPSA) is 56.0 Å². The van der Waals surface area contributed by atoms with E-state index in [1.54, 1.807) is 5.38 Å². The van der Waals surface area contributed by atoms with Crippen LogP contribution < -0.4 is 0 Å². The average molecular weight is 330 g/mol. The predicted molar refractivity (Wildman–Crippen MR) is 77.9 cm³/mol. The number of aromatic nitrogens is 1. The SMILES string of the molecule is CC(C)(C)c1csc(-c2ccc(C(F)(F)F)cc2[N+](=O)[O-])n1. The lowest BCUT2D eigenvalue weighted by atomic mass is 9.93. The number of halogens is 3. The van der Waals surface area contributed by atoms with Crippen LogP contribution >= 0.6 is 11.3 Å². The Balaban J connectivity index is 2.56. The smallest absolute Gasteiger partial charge is 0.258 e. The Morgan fingerprint density at radius 3 is 2.32 bits per heavy atom. The molecule has 0 N–H and O–H groups in total. The highest BCUT2D eigenvalue weighted by molar-refractivity contribution is 7.13. The van der Waals surface area contributed by atoms with Crippen molar-refractivity contribution in [3.05, 3.63) is 45.0 Å². The molecule has 8 heteroatoms. The molecular formula is C14H13F3N2O2S. The predicted octanol–water partition coefficient (Wildman–Crippen LogP) is 5.03. The highest BCUT2D eigenvalue weighted by atomic mass is 32.1. The summed E-state index contributed by atoms with van der Waals surface area (Å²) >= 11 is 1.18. The molecule has 22 heavy (non-hydrogen) atoms. The fourth-order valence-electron chi connectivity index (χ4n) is 1.78. The number of nitro benzene ring substituents is 1. The van der Waals surface area contributed by atoms with Crippen LogP contribution in [0.1, 0.15) is 32.0 Å². The van der Waals surface area contributed by atoms with E-state index in [0.717, 1.165) is 17.8 Å². The quantitative estimate of drug-likeness (QED) is 0.573. The maximum absolute atomic E-state index is 12.7. The van der Waals surface area contributed by atoms with Crippen molar-refractivity contribution in [1.29, 1.82) is 0 Å². The minimum atomic E-state index is -4.62. The third-order valence-electron chi connectivity index (χ3n) is 3.02. The highest BCUT2D eigenvalue weighted by Crippen LogP contribution is 2.38. The Morgan fingerprint density at radius 2 is 1.86 bits per heavy atom. The summed E-state index contributed by atoms with van der Waals surface area (Å²) in [5, 5.41) is 13.2. The van der Waals surface area contributed by atoms with Gasteiger partial charge in [-0.25, -0.2) is 4.98 Å². The highest BCUT2D eigenvalue weighted by Gasteiger charge is 2.33. The molecule has 1 aromatic carbocycles. The zero-order chi connectivity index (χ0) is 16.7. The molecule has 0 unspecified atom stereocenters. The lowest BCUT2D eigenvalue weighted by Gasteiger charge is -2.14. The first-order valence-corrected chi connectivity index (χ1v) is 7.20. The van der Waals surface area contributed by atoms with Crippen LogP contribution in [0.15, 0.2) is 23.6 Å². The molecule has 1 heterocycles. The van der Waals surface area contributed by atoms with Crippen molar-refractivity contribution in [3.63, 3.8) is 0 Å².